The normalized spacial score (nSPS) is 10.6. The number of anilines is 1. The van der Waals surface area contributed by atoms with Crippen molar-refractivity contribution < 1.29 is 24.2 Å². The van der Waals surface area contributed by atoms with Crippen LogP contribution in [0.4, 0.5) is 5.69 Å². The molecule has 0 spiro atoms. The number of phenols is 1. The van der Waals surface area contributed by atoms with Crippen LogP contribution in [0.3, 0.4) is 0 Å². The van der Waals surface area contributed by atoms with E-state index in [0.717, 1.165) is 52.1 Å². The molecule has 0 aliphatic rings. The monoisotopic (exact) mass is 739 g/mol. The lowest BCUT2D eigenvalue weighted by Crippen LogP contribution is -2.47. The van der Waals surface area contributed by atoms with E-state index in [-0.39, 0.29) is 31.7 Å². The van der Waals surface area contributed by atoms with E-state index >= 15 is 0 Å². The summed E-state index contributed by atoms with van der Waals surface area (Å²) in [5.41, 5.74) is 6.41. The third-order valence-corrected chi connectivity index (χ3v) is 8.64. The number of rotatable bonds is 15. The number of aryl methyl sites for hydroxylation is 2. The summed E-state index contributed by atoms with van der Waals surface area (Å²) in [6.45, 7) is 8.41. The van der Waals surface area contributed by atoms with Crippen LogP contribution in [0.2, 0.25) is 0 Å². The molecule has 4 N–H and O–H groups in total. The van der Waals surface area contributed by atoms with E-state index in [9.17, 15) is 9.90 Å². The van der Waals surface area contributed by atoms with E-state index in [0.29, 0.717) is 0 Å². The molecule has 6 aromatic carbocycles. The van der Waals surface area contributed by atoms with E-state index in [1.54, 1.807) is 24.3 Å². The van der Waals surface area contributed by atoms with Crippen molar-refractivity contribution in [1.29, 1.82) is 0 Å². The van der Waals surface area contributed by atoms with Gasteiger partial charge in [-0.15, -0.1) is 0 Å². The van der Waals surface area contributed by atoms with E-state index < -0.39 is 5.54 Å². The zero-order valence-corrected chi connectivity index (χ0v) is 32.2. The van der Waals surface area contributed by atoms with E-state index in [4.69, 9.17) is 20.2 Å². The van der Waals surface area contributed by atoms with Gasteiger partial charge in [0.25, 0.3) is 0 Å². The Morgan fingerprint density at radius 2 is 1.22 bits per heavy atom. The zero-order chi connectivity index (χ0) is 39.3. The number of carbonyl (C=O) groups is 1. The smallest absolute Gasteiger partial charge is 0.320 e. The summed E-state index contributed by atoms with van der Waals surface area (Å²) in [6, 6.07) is 52.7. The molecular formula is C47H53N3O5. The van der Waals surface area contributed by atoms with Crippen LogP contribution in [0, 0.1) is 6.92 Å². The number of hydrogen-bond acceptors (Lipinski definition) is 8. The Morgan fingerprint density at radius 1 is 0.709 bits per heavy atom. The second-order valence-corrected chi connectivity index (χ2v) is 12.4. The first-order valence-electron chi connectivity index (χ1n) is 18.7. The SMILES string of the molecule is CC.CCCc1ccccc1N(N)OCOc1ccc(C)cc1.O=C(CNC(c1ccccc1)(c1ccccc1)c1ccccc1)OCc1ccc(O)cc1. The first-order valence-corrected chi connectivity index (χ1v) is 18.7. The number of esters is 1. The molecule has 0 radical (unpaired) electrons. The molecule has 0 amide bonds. The standard InChI is InChI=1S/C28H25NO3.C17H22N2O2.C2H6/c30-26-18-16-22(17-19-26)21-32-27(31)20-29-28(23-10-4-1-5-11-23,24-12-6-2-7-13-24)25-14-8-3-9-15-25;1-3-6-15-7-4-5-8-17(15)19(18)21-13-20-16-11-9-14(2)10-12-16;1-2/h1-19,29-30H,20-21H2;4-5,7-12H,3,6,13,18H2,1-2H3;1-2H3. The van der Waals surface area contributed by atoms with Crippen LogP contribution in [-0.2, 0) is 32.9 Å². The number of benzene rings is 6. The van der Waals surface area contributed by atoms with Crippen LogP contribution in [-0.4, -0.2) is 24.4 Å². The maximum atomic E-state index is 12.7. The van der Waals surface area contributed by atoms with Gasteiger partial charge in [0.1, 0.15) is 18.1 Å². The largest absolute Gasteiger partial charge is 0.508 e. The molecule has 0 saturated heterocycles. The Balaban J connectivity index is 0.000000254. The minimum atomic E-state index is -0.721. The van der Waals surface area contributed by atoms with Crippen molar-refractivity contribution in [3.8, 4) is 11.5 Å². The fraction of sp³-hybridized carbons (Fsp3) is 0.213. The van der Waals surface area contributed by atoms with Gasteiger partial charge >= 0.3 is 5.97 Å². The highest BCUT2D eigenvalue weighted by molar-refractivity contribution is 5.72. The van der Waals surface area contributed by atoms with Crippen LogP contribution in [0.15, 0.2) is 164 Å². The zero-order valence-electron chi connectivity index (χ0n) is 32.2. The molecule has 6 aromatic rings. The van der Waals surface area contributed by atoms with Gasteiger partial charge in [0.2, 0.25) is 6.79 Å². The van der Waals surface area contributed by atoms with Crippen molar-refractivity contribution in [3.63, 3.8) is 0 Å². The van der Waals surface area contributed by atoms with Crippen molar-refractivity contribution >= 4 is 11.7 Å². The third-order valence-electron chi connectivity index (χ3n) is 8.64. The average Bonchev–Trinajstić information content (AvgIpc) is 3.24. The quantitative estimate of drug-likeness (QED) is 0.0315. The Bertz CT molecular complexity index is 1860. The number of aromatic hydroxyl groups is 1. The van der Waals surface area contributed by atoms with Gasteiger partial charge in [0.15, 0.2) is 0 Å². The maximum absolute atomic E-state index is 12.7. The molecule has 0 bridgehead atoms. The van der Waals surface area contributed by atoms with Crippen molar-refractivity contribution in [2.75, 3.05) is 18.5 Å². The summed E-state index contributed by atoms with van der Waals surface area (Å²) in [5, 5.41) is 14.2. The van der Waals surface area contributed by atoms with Crippen LogP contribution in [0.1, 0.15) is 60.6 Å². The Kier molecular flexibility index (Phi) is 17.0. The molecule has 8 heteroatoms. The summed E-state index contributed by atoms with van der Waals surface area (Å²) < 4.78 is 11.0. The number of nitrogens with two attached hydrogens (primary N) is 1. The third kappa shape index (κ3) is 12.3. The predicted octanol–water partition coefficient (Wildman–Crippen LogP) is 9.64. The van der Waals surface area contributed by atoms with Crippen molar-refractivity contribution in [2.24, 2.45) is 5.84 Å². The van der Waals surface area contributed by atoms with E-state index in [1.165, 1.54) is 10.7 Å². The number of nitrogens with zero attached hydrogens (tertiary/aromatic N) is 1. The Morgan fingerprint density at radius 3 is 1.75 bits per heavy atom. The highest BCUT2D eigenvalue weighted by atomic mass is 16.8. The summed E-state index contributed by atoms with van der Waals surface area (Å²) in [4.78, 5) is 18.1. The van der Waals surface area contributed by atoms with Crippen LogP contribution in [0.25, 0.3) is 0 Å². The van der Waals surface area contributed by atoms with Gasteiger partial charge in [-0.25, -0.2) is 10.7 Å². The molecule has 6 rings (SSSR count). The van der Waals surface area contributed by atoms with Gasteiger partial charge in [-0.05, 0) is 71.5 Å². The summed E-state index contributed by atoms with van der Waals surface area (Å²) in [7, 11) is 0. The molecule has 55 heavy (non-hydrogen) atoms. The summed E-state index contributed by atoms with van der Waals surface area (Å²) in [5.74, 6) is 6.53. The van der Waals surface area contributed by atoms with E-state index in [1.807, 2.05) is 118 Å². The lowest BCUT2D eigenvalue weighted by molar-refractivity contribution is -0.144. The van der Waals surface area contributed by atoms with Gasteiger partial charge in [-0.2, -0.15) is 5.17 Å². The van der Waals surface area contributed by atoms with Gasteiger partial charge in [0, 0.05) is 0 Å². The first-order chi connectivity index (χ1) is 26.9. The van der Waals surface area contributed by atoms with E-state index in [2.05, 4.69) is 54.7 Å². The fourth-order valence-electron chi connectivity index (χ4n) is 5.94. The van der Waals surface area contributed by atoms with Crippen LogP contribution in [0.5, 0.6) is 11.5 Å². The molecule has 0 saturated carbocycles. The number of hydrogen-bond donors (Lipinski definition) is 3. The lowest BCUT2D eigenvalue weighted by Gasteiger charge is -2.36. The molecule has 286 valence electrons. The molecule has 8 nitrogen and oxygen atoms in total. The van der Waals surface area contributed by atoms with Gasteiger partial charge in [0.05, 0.1) is 17.8 Å². The van der Waals surface area contributed by atoms with Crippen LogP contribution >= 0.6 is 0 Å². The molecule has 0 atom stereocenters. The number of nitrogens with one attached hydrogen (secondary N) is 1. The highest BCUT2D eigenvalue weighted by Crippen LogP contribution is 2.36. The lowest BCUT2D eigenvalue weighted by atomic mass is 9.77. The van der Waals surface area contributed by atoms with Crippen molar-refractivity contribution in [1.82, 2.24) is 5.32 Å². The second kappa shape index (κ2) is 22.3. The summed E-state index contributed by atoms with van der Waals surface area (Å²) in [6.07, 6.45) is 2.02. The Hall–Kier alpha value is -5.93. The van der Waals surface area contributed by atoms with Gasteiger partial charge in [-0.3, -0.25) is 10.1 Å². The Labute approximate surface area is 326 Å². The number of phenolic OH excluding ortho intramolecular Hbond substituents is 1. The van der Waals surface area contributed by atoms with Crippen molar-refractivity contribution in [2.45, 2.75) is 52.7 Å². The number of para-hydroxylation sites is 1. The molecule has 0 aliphatic heterocycles. The number of ether oxygens (including phenoxy) is 2. The van der Waals surface area contributed by atoms with Crippen molar-refractivity contribution in [3.05, 3.63) is 197 Å². The summed E-state index contributed by atoms with van der Waals surface area (Å²) >= 11 is 0. The molecule has 0 aromatic heterocycles. The van der Waals surface area contributed by atoms with Gasteiger partial charge < -0.3 is 14.6 Å². The molecule has 0 fully saturated rings. The van der Waals surface area contributed by atoms with Crippen LogP contribution < -0.4 is 21.1 Å². The topological polar surface area (TPSA) is 106 Å². The molecule has 0 unspecified atom stereocenters. The number of hydrazine groups is 1. The minimum absolute atomic E-state index is 0.0246. The fourth-order valence-corrected chi connectivity index (χ4v) is 5.94. The molecule has 0 aliphatic carbocycles. The number of carbonyl (C=O) groups excluding carboxylic acids is 1. The predicted molar refractivity (Wildman–Crippen MR) is 221 cm³/mol. The molecular weight excluding hydrogens is 687 g/mol. The first kappa shape index (κ1) is 41.8. The minimum Gasteiger partial charge on any atom is -0.508 e. The van der Waals surface area contributed by atoms with Gasteiger partial charge in [-0.1, -0.05) is 166 Å². The second-order valence-electron chi connectivity index (χ2n) is 12.4. The highest BCUT2D eigenvalue weighted by Gasteiger charge is 2.36. The maximum Gasteiger partial charge on any atom is 0.320 e. The average molecular weight is 740 g/mol. The molecule has 0 heterocycles.